The van der Waals surface area contributed by atoms with E-state index in [2.05, 4.69) is 20.6 Å². The third-order valence-corrected chi connectivity index (χ3v) is 4.14. The summed E-state index contributed by atoms with van der Waals surface area (Å²) in [6.07, 6.45) is 1.80. The van der Waals surface area contributed by atoms with E-state index < -0.39 is 11.7 Å². The molecule has 0 aliphatic heterocycles. The van der Waals surface area contributed by atoms with Crippen LogP contribution in [0.1, 0.15) is 5.69 Å². The number of benzene rings is 2. The molecule has 2 aromatic heterocycles. The number of ether oxygens (including phenoxy) is 2. The summed E-state index contributed by atoms with van der Waals surface area (Å²) in [7, 11) is 0. The van der Waals surface area contributed by atoms with Gasteiger partial charge < -0.3 is 14.8 Å². The van der Waals surface area contributed by atoms with Gasteiger partial charge in [-0.15, -0.1) is 10.2 Å². The van der Waals surface area contributed by atoms with Gasteiger partial charge in [0.15, 0.2) is 24.0 Å². The number of hydrogen-bond donors (Lipinski definition) is 1. The summed E-state index contributed by atoms with van der Waals surface area (Å²) >= 11 is 0. The number of nitrogens with zero attached hydrogens (tertiary/aromatic N) is 4. The van der Waals surface area contributed by atoms with Gasteiger partial charge in [0.1, 0.15) is 5.75 Å². The first-order valence-corrected chi connectivity index (χ1v) is 9.38. The lowest BCUT2D eigenvalue weighted by Gasteiger charge is -2.09. The zero-order valence-electron chi connectivity index (χ0n) is 16.5. The van der Waals surface area contributed by atoms with Crippen LogP contribution in [0.5, 0.6) is 17.4 Å². The van der Waals surface area contributed by atoms with Gasteiger partial charge in [-0.3, -0.25) is 4.79 Å². The Hall–Kier alpha value is -4.27. The van der Waals surface area contributed by atoms with Gasteiger partial charge in [-0.2, -0.15) is 5.10 Å². The summed E-state index contributed by atoms with van der Waals surface area (Å²) < 4.78 is 26.0. The Labute approximate surface area is 177 Å². The summed E-state index contributed by atoms with van der Waals surface area (Å²) in [6.45, 7) is 1.58. The minimum Gasteiger partial charge on any atom is -0.481 e. The molecule has 0 fully saturated rings. The number of amides is 1. The average molecular weight is 419 g/mol. The number of halogens is 1. The summed E-state index contributed by atoms with van der Waals surface area (Å²) in [5, 5.41) is 15.1. The van der Waals surface area contributed by atoms with Gasteiger partial charge in [0.25, 0.3) is 5.91 Å². The zero-order valence-corrected chi connectivity index (χ0v) is 16.5. The quantitative estimate of drug-likeness (QED) is 0.488. The maximum Gasteiger partial charge on any atom is 0.262 e. The van der Waals surface area contributed by atoms with Gasteiger partial charge in [0, 0.05) is 18.0 Å². The Kier molecular flexibility index (Phi) is 5.84. The van der Waals surface area contributed by atoms with Crippen LogP contribution < -0.4 is 14.8 Å². The zero-order chi connectivity index (χ0) is 21.6. The molecule has 4 aromatic rings. The van der Waals surface area contributed by atoms with Crippen molar-refractivity contribution in [3.05, 3.63) is 84.4 Å². The van der Waals surface area contributed by atoms with Crippen molar-refractivity contribution in [1.29, 1.82) is 0 Å². The van der Waals surface area contributed by atoms with Crippen molar-refractivity contribution in [3.63, 3.8) is 0 Å². The maximum absolute atomic E-state index is 13.5. The third kappa shape index (κ3) is 5.21. The van der Waals surface area contributed by atoms with E-state index in [1.165, 1.54) is 12.1 Å². The van der Waals surface area contributed by atoms with Crippen LogP contribution in [0.2, 0.25) is 0 Å². The Morgan fingerprint density at radius 3 is 2.52 bits per heavy atom. The Bertz CT molecular complexity index is 1180. The largest absolute Gasteiger partial charge is 0.481 e. The molecule has 8 nitrogen and oxygen atoms in total. The highest BCUT2D eigenvalue weighted by molar-refractivity contribution is 5.91. The minimum atomic E-state index is -0.521. The van der Waals surface area contributed by atoms with Crippen LogP contribution in [0.4, 0.5) is 10.1 Å². The van der Waals surface area contributed by atoms with E-state index >= 15 is 0 Å². The number of aromatic nitrogens is 4. The van der Waals surface area contributed by atoms with Crippen LogP contribution in [-0.2, 0) is 4.79 Å². The highest BCUT2D eigenvalue weighted by atomic mass is 19.1. The van der Waals surface area contributed by atoms with Crippen molar-refractivity contribution in [3.8, 4) is 23.2 Å². The van der Waals surface area contributed by atoms with Gasteiger partial charge in [-0.1, -0.05) is 12.1 Å². The van der Waals surface area contributed by atoms with Crippen molar-refractivity contribution in [2.24, 2.45) is 0 Å². The molecule has 0 radical (unpaired) electrons. The van der Waals surface area contributed by atoms with E-state index in [9.17, 15) is 9.18 Å². The molecule has 0 atom stereocenters. The fourth-order valence-electron chi connectivity index (χ4n) is 2.66. The van der Waals surface area contributed by atoms with Crippen LogP contribution in [0, 0.1) is 12.7 Å². The summed E-state index contributed by atoms with van der Waals surface area (Å²) in [5.74, 6) is 0.521. The lowest BCUT2D eigenvalue weighted by Crippen LogP contribution is -2.20. The number of rotatable bonds is 7. The molecule has 0 saturated heterocycles. The SMILES string of the molecule is Cc1ccn(-c2ccc(Oc3ccc(NC(=O)COc4ccccc4F)cc3)nn2)n1. The van der Waals surface area contributed by atoms with Crippen molar-refractivity contribution in [2.45, 2.75) is 6.92 Å². The molecule has 0 unspecified atom stereocenters. The van der Waals surface area contributed by atoms with E-state index in [0.29, 0.717) is 23.1 Å². The first-order chi connectivity index (χ1) is 15.1. The van der Waals surface area contributed by atoms with Crippen molar-refractivity contribution >= 4 is 11.6 Å². The Morgan fingerprint density at radius 2 is 1.84 bits per heavy atom. The van der Waals surface area contributed by atoms with E-state index in [1.807, 2.05) is 13.0 Å². The van der Waals surface area contributed by atoms with Gasteiger partial charge in [-0.25, -0.2) is 9.07 Å². The molecular weight excluding hydrogens is 401 g/mol. The van der Waals surface area contributed by atoms with Crippen molar-refractivity contribution in [2.75, 3.05) is 11.9 Å². The fraction of sp³-hybridized carbons (Fsp3) is 0.0909. The third-order valence-electron chi connectivity index (χ3n) is 4.14. The topological polar surface area (TPSA) is 91.2 Å². The number of carbonyl (C=O) groups excluding carboxylic acids is 1. The van der Waals surface area contributed by atoms with Crippen LogP contribution in [-0.4, -0.2) is 32.5 Å². The van der Waals surface area contributed by atoms with E-state index in [0.717, 1.165) is 5.69 Å². The molecule has 1 amide bonds. The normalized spacial score (nSPS) is 10.5. The first kappa shape index (κ1) is 20.0. The number of para-hydroxylation sites is 1. The minimum absolute atomic E-state index is 0.0243. The van der Waals surface area contributed by atoms with Gasteiger partial charge in [0.2, 0.25) is 5.88 Å². The molecule has 0 bridgehead atoms. The maximum atomic E-state index is 13.5. The molecule has 0 aliphatic rings. The summed E-state index contributed by atoms with van der Waals surface area (Å²) in [6, 6.07) is 17.9. The fourth-order valence-corrected chi connectivity index (χ4v) is 2.66. The molecule has 0 spiro atoms. The Balaban J connectivity index is 1.30. The van der Waals surface area contributed by atoms with Crippen LogP contribution in [0.3, 0.4) is 0 Å². The highest BCUT2D eigenvalue weighted by Crippen LogP contribution is 2.22. The molecule has 4 rings (SSSR count). The molecule has 31 heavy (non-hydrogen) atoms. The molecule has 1 N–H and O–H groups in total. The van der Waals surface area contributed by atoms with Gasteiger partial charge in [-0.05, 0) is 55.5 Å². The van der Waals surface area contributed by atoms with E-state index in [4.69, 9.17) is 9.47 Å². The molecule has 0 saturated carbocycles. The van der Waals surface area contributed by atoms with Crippen molar-refractivity contribution in [1.82, 2.24) is 20.0 Å². The summed E-state index contributed by atoms with van der Waals surface area (Å²) in [4.78, 5) is 12.0. The predicted molar refractivity (Wildman–Crippen MR) is 111 cm³/mol. The lowest BCUT2D eigenvalue weighted by molar-refractivity contribution is -0.118. The number of aryl methyl sites for hydroxylation is 1. The number of nitrogens with one attached hydrogen (secondary N) is 1. The summed E-state index contributed by atoms with van der Waals surface area (Å²) in [5.41, 5.74) is 1.43. The lowest BCUT2D eigenvalue weighted by atomic mass is 10.3. The van der Waals surface area contributed by atoms with Gasteiger partial charge in [0.05, 0.1) is 5.69 Å². The Morgan fingerprint density at radius 1 is 1.03 bits per heavy atom. The van der Waals surface area contributed by atoms with Crippen LogP contribution >= 0.6 is 0 Å². The second-order valence-electron chi connectivity index (χ2n) is 6.53. The number of anilines is 1. The monoisotopic (exact) mass is 419 g/mol. The smallest absolute Gasteiger partial charge is 0.262 e. The molecule has 0 aliphatic carbocycles. The van der Waals surface area contributed by atoms with E-state index in [1.54, 1.807) is 59.4 Å². The number of hydrogen-bond acceptors (Lipinski definition) is 6. The molecule has 9 heteroatoms. The highest BCUT2D eigenvalue weighted by Gasteiger charge is 2.08. The molecular formula is C22H18FN5O3. The molecule has 2 heterocycles. The second-order valence-corrected chi connectivity index (χ2v) is 6.53. The molecule has 2 aromatic carbocycles. The standard InChI is InChI=1S/C22H18FN5O3/c1-15-12-13-28(27-15)20-10-11-22(26-25-20)31-17-8-6-16(7-9-17)24-21(29)14-30-19-5-3-2-4-18(19)23/h2-13H,14H2,1H3,(H,24,29). The van der Waals surface area contributed by atoms with Crippen LogP contribution in [0.25, 0.3) is 5.82 Å². The average Bonchev–Trinajstić information content (AvgIpc) is 3.21. The first-order valence-electron chi connectivity index (χ1n) is 9.38. The van der Waals surface area contributed by atoms with Crippen LogP contribution in [0.15, 0.2) is 72.9 Å². The van der Waals surface area contributed by atoms with Gasteiger partial charge >= 0.3 is 0 Å². The predicted octanol–water partition coefficient (Wildman–Crippen LogP) is 3.92. The second kappa shape index (κ2) is 9.04. The van der Waals surface area contributed by atoms with E-state index in [-0.39, 0.29) is 12.4 Å². The molecule has 156 valence electrons. The van der Waals surface area contributed by atoms with Crippen molar-refractivity contribution < 1.29 is 18.7 Å². The number of carbonyl (C=O) groups is 1.